The van der Waals surface area contributed by atoms with Crippen molar-refractivity contribution in [2.45, 2.75) is 12.3 Å². The van der Waals surface area contributed by atoms with Gasteiger partial charge in [0, 0.05) is 30.6 Å². The third-order valence-electron chi connectivity index (χ3n) is 5.32. The highest BCUT2D eigenvalue weighted by Gasteiger charge is 2.23. The van der Waals surface area contributed by atoms with Crippen LogP contribution >= 0.6 is 0 Å². The molecule has 0 amide bonds. The predicted octanol–water partition coefficient (Wildman–Crippen LogP) is 2.27. The van der Waals surface area contributed by atoms with Crippen molar-refractivity contribution < 1.29 is 4.74 Å². The van der Waals surface area contributed by atoms with E-state index in [1.807, 2.05) is 30.3 Å². The van der Waals surface area contributed by atoms with E-state index in [0.29, 0.717) is 18.8 Å². The van der Waals surface area contributed by atoms with E-state index in [2.05, 4.69) is 43.0 Å². The number of nitrogens with one attached hydrogen (secondary N) is 1. The summed E-state index contributed by atoms with van der Waals surface area (Å²) in [5, 5.41) is 16.6. The summed E-state index contributed by atoms with van der Waals surface area (Å²) in [6, 6.07) is 11.8. The van der Waals surface area contributed by atoms with Gasteiger partial charge in [-0.1, -0.05) is 18.1 Å². The highest BCUT2D eigenvalue weighted by molar-refractivity contribution is 5.66. The van der Waals surface area contributed by atoms with E-state index in [9.17, 15) is 0 Å². The van der Waals surface area contributed by atoms with Gasteiger partial charge in [-0.25, -0.2) is 9.97 Å². The van der Waals surface area contributed by atoms with Crippen LogP contribution in [0.2, 0.25) is 0 Å². The van der Waals surface area contributed by atoms with Gasteiger partial charge in [-0.2, -0.15) is 10.4 Å². The largest absolute Gasteiger partial charge is 0.378 e. The van der Waals surface area contributed by atoms with Crippen LogP contribution in [0, 0.1) is 23.2 Å². The predicted molar refractivity (Wildman–Crippen MR) is 107 cm³/mol. The smallest absolute Gasteiger partial charge is 0.132 e. The van der Waals surface area contributed by atoms with Gasteiger partial charge in [-0.3, -0.25) is 5.10 Å². The molecule has 0 bridgehead atoms. The van der Waals surface area contributed by atoms with Crippen LogP contribution in [0.25, 0.3) is 11.4 Å². The average molecular weight is 382 g/mol. The number of ether oxygens (including phenoxy) is 1. The first-order chi connectivity index (χ1) is 14.3. The van der Waals surface area contributed by atoms with E-state index < -0.39 is 0 Å². The van der Waals surface area contributed by atoms with Gasteiger partial charge in [0.25, 0.3) is 0 Å². The lowest BCUT2D eigenvalue weighted by Crippen LogP contribution is -2.36. The Morgan fingerprint density at radius 1 is 1.17 bits per heavy atom. The zero-order chi connectivity index (χ0) is 19.6. The number of benzene rings is 1. The van der Waals surface area contributed by atoms with Crippen LogP contribution in [-0.2, 0) is 11.2 Å². The summed E-state index contributed by atoms with van der Waals surface area (Å²) in [5.74, 6) is 7.45. The van der Waals surface area contributed by atoms with Crippen molar-refractivity contribution in [2.24, 2.45) is 0 Å². The maximum absolute atomic E-state index is 9.01. The number of nitriles is 1. The Balaban J connectivity index is 1.45. The molecule has 1 saturated heterocycles. The maximum Gasteiger partial charge on any atom is 0.132 e. The Morgan fingerprint density at radius 2 is 2.00 bits per heavy atom. The molecule has 1 aliphatic carbocycles. The van der Waals surface area contributed by atoms with Crippen molar-refractivity contribution in [2.75, 3.05) is 31.2 Å². The number of nitrogens with zero attached hydrogens (tertiary/aromatic N) is 5. The van der Waals surface area contributed by atoms with Gasteiger partial charge in [-0.15, -0.1) is 0 Å². The molecule has 1 aliphatic heterocycles. The molecule has 2 aromatic heterocycles. The molecule has 0 saturated carbocycles. The number of H-pyrrole nitrogens is 1. The van der Waals surface area contributed by atoms with Gasteiger partial charge >= 0.3 is 0 Å². The molecule has 5 rings (SSSR count). The van der Waals surface area contributed by atoms with Crippen LogP contribution in [0.1, 0.15) is 28.3 Å². The lowest BCUT2D eigenvalue weighted by molar-refractivity contribution is 0.122. The molecule has 1 N–H and O–H groups in total. The zero-order valence-electron chi connectivity index (χ0n) is 15.7. The highest BCUT2D eigenvalue weighted by atomic mass is 16.5. The quantitative estimate of drug-likeness (QED) is 0.699. The Bertz CT molecular complexity index is 1140. The molecular weight excluding hydrogens is 364 g/mol. The number of rotatable bonds is 3. The fourth-order valence-electron chi connectivity index (χ4n) is 3.73. The summed E-state index contributed by atoms with van der Waals surface area (Å²) in [7, 11) is 0. The normalized spacial score (nSPS) is 17.8. The van der Waals surface area contributed by atoms with E-state index in [0.717, 1.165) is 53.5 Å². The number of hydrogen-bond acceptors (Lipinski definition) is 6. The van der Waals surface area contributed by atoms with Crippen molar-refractivity contribution in [1.82, 2.24) is 20.2 Å². The molecule has 1 aromatic carbocycles. The molecule has 7 heteroatoms. The van der Waals surface area contributed by atoms with Gasteiger partial charge in [0.2, 0.25) is 0 Å². The number of aromatic amines is 1. The molecule has 29 heavy (non-hydrogen) atoms. The third kappa shape index (κ3) is 3.33. The summed E-state index contributed by atoms with van der Waals surface area (Å²) < 4.78 is 5.43. The molecule has 3 aromatic rings. The summed E-state index contributed by atoms with van der Waals surface area (Å²) >= 11 is 0. The first kappa shape index (κ1) is 17.4. The van der Waals surface area contributed by atoms with Gasteiger partial charge in [-0.05, 0) is 30.0 Å². The molecule has 7 nitrogen and oxygen atoms in total. The van der Waals surface area contributed by atoms with Crippen LogP contribution in [-0.4, -0.2) is 46.5 Å². The van der Waals surface area contributed by atoms with E-state index in [4.69, 9.17) is 10.00 Å². The van der Waals surface area contributed by atoms with Crippen LogP contribution < -0.4 is 4.90 Å². The number of morpholine rings is 1. The highest BCUT2D eigenvalue weighted by Crippen LogP contribution is 2.32. The molecule has 1 atom stereocenters. The fraction of sp³-hybridized carbons (Fsp3) is 0.273. The first-order valence-electron chi connectivity index (χ1n) is 9.56. The number of aromatic nitrogens is 4. The minimum atomic E-state index is 0.0622. The Labute approximate surface area is 168 Å². The van der Waals surface area contributed by atoms with Crippen molar-refractivity contribution in [3.05, 3.63) is 59.0 Å². The van der Waals surface area contributed by atoms with Gasteiger partial charge in [0.05, 0.1) is 30.5 Å². The molecule has 0 radical (unpaired) electrons. The van der Waals surface area contributed by atoms with Crippen molar-refractivity contribution >= 4 is 5.82 Å². The van der Waals surface area contributed by atoms with E-state index in [1.54, 1.807) is 6.33 Å². The van der Waals surface area contributed by atoms with E-state index in [-0.39, 0.29) is 5.92 Å². The molecule has 3 heterocycles. The van der Waals surface area contributed by atoms with Gasteiger partial charge in [0.1, 0.15) is 23.5 Å². The Hall–Kier alpha value is -3.68. The fourth-order valence-corrected chi connectivity index (χ4v) is 3.73. The molecule has 2 aliphatic rings. The van der Waals surface area contributed by atoms with Crippen LogP contribution in [0.3, 0.4) is 0 Å². The summed E-state index contributed by atoms with van der Waals surface area (Å²) in [6.45, 7) is 3.06. The molecule has 1 fully saturated rings. The third-order valence-corrected chi connectivity index (χ3v) is 5.32. The Kier molecular flexibility index (Phi) is 4.44. The number of fused-ring (bicyclic) bond motifs is 1. The first-order valence-corrected chi connectivity index (χ1v) is 9.56. The standard InChI is InChI=1S/C22H18N6O/c23-13-15-1-3-16(4-2-15)17-5-6-19-18(11-17)22(27-26-19)20-12-21(25-14-24-20)28-7-9-29-10-8-28/h1-4,12,14,17H,7-11H2,(H,26,27). The molecule has 1 unspecified atom stereocenters. The van der Waals surface area contributed by atoms with Gasteiger partial charge < -0.3 is 9.64 Å². The SMILES string of the molecule is N#Cc1ccc(C2C#Cc3[nH]nc(-c4cc(N5CCOCC5)ncn4)c3C2)cc1. The monoisotopic (exact) mass is 382 g/mol. The second kappa shape index (κ2) is 7.38. The van der Waals surface area contributed by atoms with E-state index in [1.165, 1.54) is 0 Å². The maximum atomic E-state index is 9.01. The summed E-state index contributed by atoms with van der Waals surface area (Å²) in [6.07, 6.45) is 2.34. The van der Waals surface area contributed by atoms with Gasteiger partial charge in [0.15, 0.2) is 0 Å². The topological polar surface area (TPSA) is 90.7 Å². The van der Waals surface area contributed by atoms with Crippen LogP contribution in [0.4, 0.5) is 5.82 Å². The summed E-state index contributed by atoms with van der Waals surface area (Å²) in [5.41, 5.74) is 5.29. The lowest BCUT2D eigenvalue weighted by atomic mass is 9.87. The zero-order valence-corrected chi connectivity index (χ0v) is 15.7. The minimum absolute atomic E-state index is 0.0622. The second-order valence-corrected chi connectivity index (χ2v) is 7.05. The van der Waals surface area contributed by atoms with Crippen molar-refractivity contribution in [1.29, 1.82) is 5.26 Å². The summed E-state index contributed by atoms with van der Waals surface area (Å²) in [4.78, 5) is 11.1. The lowest BCUT2D eigenvalue weighted by Gasteiger charge is -2.27. The number of anilines is 1. The second-order valence-electron chi connectivity index (χ2n) is 7.05. The van der Waals surface area contributed by atoms with Crippen molar-refractivity contribution in [3.8, 4) is 29.3 Å². The molecule has 142 valence electrons. The van der Waals surface area contributed by atoms with Crippen LogP contribution in [0.5, 0.6) is 0 Å². The van der Waals surface area contributed by atoms with Crippen LogP contribution in [0.15, 0.2) is 36.7 Å². The van der Waals surface area contributed by atoms with Crippen molar-refractivity contribution in [3.63, 3.8) is 0 Å². The number of hydrogen-bond donors (Lipinski definition) is 1. The molecular formula is C22H18N6O. The van der Waals surface area contributed by atoms with E-state index >= 15 is 0 Å². The minimum Gasteiger partial charge on any atom is -0.378 e. The average Bonchev–Trinajstić information content (AvgIpc) is 3.23. The molecule has 0 spiro atoms. The Morgan fingerprint density at radius 3 is 2.79 bits per heavy atom.